The van der Waals surface area contributed by atoms with E-state index in [1.54, 1.807) is 24.3 Å². The SMILES string of the molecule is CC.CCCc1ccc(OC(F)F)cc1. The molecule has 0 amide bonds. The molecule has 0 N–H and O–H groups in total. The standard InChI is InChI=1S/C10H12F2O.C2H6/c1-2-3-8-4-6-9(7-5-8)13-10(11)12;1-2/h4-7,10H,2-3H2,1H3;1-2H3. The predicted molar refractivity (Wildman–Crippen MR) is 58.4 cm³/mol. The number of hydrogen-bond donors (Lipinski definition) is 0. The molecule has 0 bridgehead atoms. The van der Waals surface area contributed by atoms with Crippen molar-refractivity contribution in [2.75, 3.05) is 0 Å². The van der Waals surface area contributed by atoms with Gasteiger partial charge in [-0.05, 0) is 24.1 Å². The summed E-state index contributed by atoms with van der Waals surface area (Å²) in [4.78, 5) is 0. The number of halogens is 2. The summed E-state index contributed by atoms with van der Waals surface area (Å²) in [7, 11) is 0. The van der Waals surface area contributed by atoms with Crippen LogP contribution in [0, 0.1) is 0 Å². The second kappa shape index (κ2) is 8.21. The smallest absolute Gasteiger partial charge is 0.387 e. The molecule has 0 unspecified atom stereocenters. The zero-order chi connectivity index (χ0) is 11.7. The number of benzene rings is 1. The summed E-state index contributed by atoms with van der Waals surface area (Å²) in [6.07, 6.45) is 2.02. The number of aryl methyl sites for hydroxylation is 1. The highest BCUT2D eigenvalue weighted by molar-refractivity contribution is 5.27. The molecule has 0 atom stereocenters. The second-order valence-corrected chi connectivity index (χ2v) is 2.77. The molecule has 0 saturated carbocycles. The molecule has 0 saturated heterocycles. The van der Waals surface area contributed by atoms with Crippen molar-refractivity contribution in [3.8, 4) is 5.75 Å². The first-order valence-electron chi connectivity index (χ1n) is 5.26. The lowest BCUT2D eigenvalue weighted by Crippen LogP contribution is -2.01. The third-order valence-electron chi connectivity index (χ3n) is 1.69. The first-order chi connectivity index (χ1) is 7.22. The summed E-state index contributed by atoms with van der Waals surface area (Å²) < 4.78 is 27.7. The van der Waals surface area contributed by atoms with Crippen molar-refractivity contribution in [1.82, 2.24) is 0 Å². The van der Waals surface area contributed by atoms with Crippen LogP contribution in [0.4, 0.5) is 8.78 Å². The molecule has 3 heteroatoms. The Morgan fingerprint density at radius 1 is 1.13 bits per heavy atom. The maximum absolute atomic E-state index is 11.7. The molecule has 1 nitrogen and oxygen atoms in total. The van der Waals surface area contributed by atoms with Crippen LogP contribution < -0.4 is 4.74 Å². The minimum atomic E-state index is -2.74. The molecule has 0 radical (unpaired) electrons. The second-order valence-electron chi connectivity index (χ2n) is 2.77. The molecule has 0 aromatic heterocycles. The van der Waals surface area contributed by atoms with Crippen LogP contribution in [0.5, 0.6) is 5.75 Å². The van der Waals surface area contributed by atoms with Crippen molar-refractivity contribution in [3.05, 3.63) is 29.8 Å². The van der Waals surface area contributed by atoms with Gasteiger partial charge in [0, 0.05) is 0 Å². The lowest BCUT2D eigenvalue weighted by atomic mass is 10.1. The third kappa shape index (κ3) is 6.05. The van der Waals surface area contributed by atoms with E-state index >= 15 is 0 Å². The highest BCUT2D eigenvalue weighted by atomic mass is 19.3. The van der Waals surface area contributed by atoms with Gasteiger partial charge in [-0.3, -0.25) is 0 Å². The molecule has 0 fully saturated rings. The van der Waals surface area contributed by atoms with Crippen molar-refractivity contribution in [1.29, 1.82) is 0 Å². The average Bonchev–Trinajstić information content (AvgIpc) is 2.24. The minimum absolute atomic E-state index is 0.217. The molecule has 0 spiro atoms. The van der Waals surface area contributed by atoms with Gasteiger partial charge >= 0.3 is 6.61 Å². The zero-order valence-corrected chi connectivity index (χ0v) is 9.47. The van der Waals surface area contributed by atoms with Crippen molar-refractivity contribution in [3.63, 3.8) is 0 Å². The largest absolute Gasteiger partial charge is 0.435 e. The fourth-order valence-corrected chi connectivity index (χ4v) is 1.13. The maximum Gasteiger partial charge on any atom is 0.387 e. The Labute approximate surface area is 90.1 Å². The van der Waals surface area contributed by atoms with E-state index in [-0.39, 0.29) is 5.75 Å². The number of alkyl halides is 2. The van der Waals surface area contributed by atoms with E-state index in [0.29, 0.717) is 0 Å². The molecular weight excluding hydrogens is 198 g/mol. The van der Waals surface area contributed by atoms with E-state index in [2.05, 4.69) is 11.7 Å². The van der Waals surface area contributed by atoms with Gasteiger partial charge in [0.05, 0.1) is 0 Å². The topological polar surface area (TPSA) is 9.23 Å². The molecule has 0 aliphatic rings. The fourth-order valence-electron chi connectivity index (χ4n) is 1.13. The van der Waals surface area contributed by atoms with Gasteiger partial charge in [-0.1, -0.05) is 39.3 Å². The van der Waals surface area contributed by atoms with E-state index in [0.717, 1.165) is 18.4 Å². The van der Waals surface area contributed by atoms with Crippen LogP contribution in [-0.4, -0.2) is 6.61 Å². The van der Waals surface area contributed by atoms with E-state index < -0.39 is 6.61 Å². The summed E-state index contributed by atoms with van der Waals surface area (Å²) >= 11 is 0. The van der Waals surface area contributed by atoms with Crippen LogP contribution in [0.2, 0.25) is 0 Å². The Balaban J connectivity index is 0.000000921. The van der Waals surface area contributed by atoms with E-state index in [1.807, 2.05) is 13.8 Å². The van der Waals surface area contributed by atoms with Gasteiger partial charge in [0.1, 0.15) is 5.75 Å². The highest BCUT2D eigenvalue weighted by Gasteiger charge is 2.02. The van der Waals surface area contributed by atoms with E-state index in [4.69, 9.17) is 0 Å². The third-order valence-corrected chi connectivity index (χ3v) is 1.69. The minimum Gasteiger partial charge on any atom is -0.435 e. The van der Waals surface area contributed by atoms with Crippen LogP contribution in [0.25, 0.3) is 0 Å². The van der Waals surface area contributed by atoms with Gasteiger partial charge in [-0.25, -0.2) is 0 Å². The van der Waals surface area contributed by atoms with Gasteiger partial charge in [0.25, 0.3) is 0 Å². The molecule has 0 aliphatic carbocycles. The van der Waals surface area contributed by atoms with Gasteiger partial charge in [0.2, 0.25) is 0 Å². The molecule has 0 aliphatic heterocycles. The molecule has 1 aromatic carbocycles. The fraction of sp³-hybridized carbons (Fsp3) is 0.500. The Morgan fingerprint density at radius 3 is 2.07 bits per heavy atom. The van der Waals surface area contributed by atoms with Gasteiger partial charge < -0.3 is 4.74 Å². The van der Waals surface area contributed by atoms with Crippen LogP contribution in [0.3, 0.4) is 0 Å². The predicted octanol–water partition coefficient (Wildman–Crippen LogP) is 4.27. The lowest BCUT2D eigenvalue weighted by molar-refractivity contribution is -0.0498. The van der Waals surface area contributed by atoms with Crippen LogP contribution >= 0.6 is 0 Å². The summed E-state index contributed by atoms with van der Waals surface area (Å²) in [5.74, 6) is 0.217. The molecule has 1 rings (SSSR count). The van der Waals surface area contributed by atoms with Crippen molar-refractivity contribution in [2.24, 2.45) is 0 Å². The van der Waals surface area contributed by atoms with Gasteiger partial charge in [-0.15, -0.1) is 0 Å². The first-order valence-corrected chi connectivity index (χ1v) is 5.26. The lowest BCUT2D eigenvalue weighted by Gasteiger charge is -2.04. The Morgan fingerprint density at radius 2 is 1.67 bits per heavy atom. The normalized spacial score (nSPS) is 9.47. The Hall–Kier alpha value is -1.12. The Kier molecular flexibility index (Phi) is 7.60. The highest BCUT2D eigenvalue weighted by Crippen LogP contribution is 2.15. The monoisotopic (exact) mass is 216 g/mol. The number of ether oxygens (including phenoxy) is 1. The van der Waals surface area contributed by atoms with E-state index in [1.165, 1.54) is 0 Å². The summed E-state index contributed by atoms with van der Waals surface area (Å²) in [6.45, 7) is 3.33. The molecule has 15 heavy (non-hydrogen) atoms. The van der Waals surface area contributed by atoms with Crippen LogP contribution in [-0.2, 0) is 6.42 Å². The molecule has 0 heterocycles. The Bertz CT molecular complexity index is 244. The molecule has 86 valence electrons. The number of hydrogen-bond acceptors (Lipinski definition) is 1. The van der Waals surface area contributed by atoms with Crippen LogP contribution in [0.1, 0.15) is 32.8 Å². The number of rotatable bonds is 4. The van der Waals surface area contributed by atoms with E-state index in [9.17, 15) is 8.78 Å². The van der Waals surface area contributed by atoms with Crippen molar-refractivity contribution < 1.29 is 13.5 Å². The summed E-state index contributed by atoms with van der Waals surface area (Å²) in [5, 5.41) is 0. The average molecular weight is 216 g/mol. The first kappa shape index (κ1) is 13.9. The maximum atomic E-state index is 11.7. The van der Waals surface area contributed by atoms with Crippen LogP contribution in [0.15, 0.2) is 24.3 Å². The molecular formula is C12H18F2O. The summed E-state index contributed by atoms with van der Waals surface area (Å²) in [6, 6.07) is 6.75. The van der Waals surface area contributed by atoms with Crippen molar-refractivity contribution >= 4 is 0 Å². The molecule has 1 aromatic rings. The zero-order valence-electron chi connectivity index (χ0n) is 9.47. The van der Waals surface area contributed by atoms with Crippen molar-refractivity contribution in [2.45, 2.75) is 40.2 Å². The quantitative estimate of drug-likeness (QED) is 0.730. The van der Waals surface area contributed by atoms with Gasteiger partial charge in [0.15, 0.2) is 0 Å². The van der Waals surface area contributed by atoms with Gasteiger partial charge in [-0.2, -0.15) is 8.78 Å². The summed E-state index contributed by atoms with van der Waals surface area (Å²) in [5.41, 5.74) is 1.14.